The van der Waals surface area contributed by atoms with Gasteiger partial charge in [0.1, 0.15) is 5.57 Å². The summed E-state index contributed by atoms with van der Waals surface area (Å²) >= 11 is 6.18. The van der Waals surface area contributed by atoms with Crippen LogP contribution in [0.2, 0.25) is 5.02 Å². The minimum atomic E-state index is -0.830. The van der Waals surface area contributed by atoms with Crippen molar-refractivity contribution in [2.45, 2.75) is 33.6 Å². The standard InChI is InChI=1S/C26H27ClN2O5/c1-5-9-18-13-17(15-22(33-7-3)23(18)34-12-6-2)14-19-24(30)28-26(32)29(25(19)31)21-11-8-10-20(27)16(21)4/h5,8,10-11,13-15H,1,6-7,9,12H2,2-4H3,(H,28,30,32)/b19-14+. The van der Waals surface area contributed by atoms with Gasteiger partial charge in [0.2, 0.25) is 0 Å². The molecule has 0 bridgehead atoms. The molecule has 0 unspecified atom stereocenters. The van der Waals surface area contributed by atoms with Gasteiger partial charge in [0.05, 0.1) is 18.9 Å². The lowest BCUT2D eigenvalue weighted by molar-refractivity contribution is -0.122. The lowest BCUT2D eigenvalue weighted by atomic mass is 10.0. The van der Waals surface area contributed by atoms with E-state index in [1.54, 1.807) is 37.3 Å². The molecule has 0 aliphatic carbocycles. The second-order valence-electron chi connectivity index (χ2n) is 7.62. The number of amides is 4. The molecule has 2 aromatic carbocycles. The summed E-state index contributed by atoms with van der Waals surface area (Å²) in [5, 5.41) is 2.64. The third-order valence-electron chi connectivity index (χ3n) is 5.16. The Morgan fingerprint density at radius 1 is 1.15 bits per heavy atom. The van der Waals surface area contributed by atoms with Gasteiger partial charge in [-0.3, -0.25) is 14.9 Å². The molecule has 3 rings (SSSR count). The molecule has 0 saturated carbocycles. The molecule has 34 heavy (non-hydrogen) atoms. The maximum Gasteiger partial charge on any atom is 0.335 e. The van der Waals surface area contributed by atoms with Crippen molar-refractivity contribution in [3.8, 4) is 11.5 Å². The highest BCUT2D eigenvalue weighted by Gasteiger charge is 2.37. The molecule has 7 nitrogen and oxygen atoms in total. The largest absolute Gasteiger partial charge is 0.490 e. The molecule has 1 heterocycles. The van der Waals surface area contributed by atoms with Crippen LogP contribution in [0.5, 0.6) is 11.5 Å². The Morgan fingerprint density at radius 2 is 1.91 bits per heavy atom. The van der Waals surface area contributed by atoms with E-state index < -0.39 is 17.8 Å². The molecule has 0 spiro atoms. The zero-order valence-electron chi connectivity index (χ0n) is 19.4. The summed E-state index contributed by atoms with van der Waals surface area (Å²) in [6.45, 7) is 10.3. The first kappa shape index (κ1) is 25.1. The van der Waals surface area contributed by atoms with Crippen LogP contribution in [-0.2, 0) is 16.0 Å². The predicted octanol–water partition coefficient (Wildman–Crippen LogP) is 5.23. The van der Waals surface area contributed by atoms with Crippen molar-refractivity contribution >= 4 is 41.2 Å². The van der Waals surface area contributed by atoms with Gasteiger partial charge < -0.3 is 9.47 Å². The molecule has 1 aliphatic heterocycles. The van der Waals surface area contributed by atoms with Crippen LogP contribution in [0.1, 0.15) is 37.0 Å². The number of rotatable bonds is 9. The Kier molecular flexibility index (Phi) is 8.12. The van der Waals surface area contributed by atoms with E-state index in [1.165, 1.54) is 6.08 Å². The Balaban J connectivity index is 2.10. The van der Waals surface area contributed by atoms with Crippen LogP contribution in [-0.4, -0.2) is 31.1 Å². The lowest BCUT2D eigenvalue weighted by Gasteiger charge is -2.27. The van der Waals surface area contributed by atoms with Gasteiger partial charge in [-0.05, 0) is 68.2 Å². The Bertz CT molecular complexity index is 1170. The van der Waals surface area contributed by atoms with Gasteiger partial charge in [0.15, 0.2) is 11.5 Å². The first-order valence-electron chi connectivity index (χ1n) is 11.0. The maximum atomic E-state index is 13.3. The molecular formula is C26H27ClN2O5. The van der Waals surface area contributed by atoms with Gasteiger partial charge >= 0.3 is 6.03 Å². The van der Waals surface area contributed by atoms with E-state index in [-0.39, 0.29) is 5.57 Å². The van der Waals surface area contributed by atoms with Crippen molar-refractivity contribution in [2.24, 2.45) is 0 Å². The molecule has 2 aromatic rings. The van der Waals surface area contributed by atoms with Crippen LogP contribution in [0.4, 0.5) is 10.5 Å². The first-order chi connectivity index (χ1) is 16.3. The van der Waals surface area contributed by atoms with Gasteiger partial charge in [-0.2, -0.15) is 0 Å². The quantitative estimate of drug-likeness (QED) is 0.300. The number of urea groups is 1. The molecule has 1 fully saturated rings. The Morgan fingerprint density at radius 3 is 2.59 bits per heavy atom. The van der Waals surface area contributed by atoms with Crippen molar-refractivity contribution < 1.29 is 23.9 Å². The average molecular weight is 483 g/mol. The van der Waals surface area contributed by atoms with Crippen LogP contribution in [0, 0.1) is 6.92 Å². The molecule has 0 atom stereocenters. The highest BCUT2D eigenvalue weighted by molar-refractivity contribution is 6.40. The van der Waals surface area contributed by atoms with Gasteiger partial charge in [-0.1, -0.05) is 30.7 Å². The SMILES string of the molecule is C=CCc1cc(/C=C2\C(=O)NC(=O)N(c3cccc(Cl)c3C)C2=O)cc(OCC)c1OCCC. The third kappa shape index (κ3) is 5.15. The highest BCUT2D eigenvalue weighted by Crippen LogP contribution is 2.35. The number of nitrogens with zero attached hydrogens (tertiary/aromatic N) is 1. The number of carbonyl (C=O) groups excluding carboxylic acids is 3. The number of barbiturate groups is 1. The van der Waals surface area contributed by atoms with Crippen LogP contribution >= 0.6 is 11.6 Å². The fraction of sp³-hybridized carbons (Fsp3) is 0.269. The summed E-state index contributed by atoms with van der Waals surface area (Å²) in [7, 11) is 0. The molecule has 1 saturated heterocycles. The second-order valence-corrected chi connectivity index (χ2v) is 8.03. The zero-order chi connectivity index (χ0) is 24.8. The van der Waals surface area contributed by atoms with Crippen molar-refractivity contribution in [2.75, 3.05) is 18.1 Å². The molecule has 0 aromatic heterocycles. The van der Waals surface area contributed by atoms with Gasteiger partial charge in [-0.15, -0.1) is 6.58 Å². The second kappa shape index (κ2) is 11.0. The lowest BCUT2D eigenvalue weighted by Crippen LogP contribution is -2.54. The maximum absolute atomic E-state index is 13.3. The topological polar surface area (TPSA) is 84.9 Å². The van der Waals surface area contributed by atoms with E-state index in [4.69, 9.17) is 21.1 Å². The number of hydrogen-bond acceptors (Lipinski definition) is 5. The summed E-state index contributed by atoms with van der Waals surface area (Å²) in [4.78, 5) is 39.4. The number of halogens is 1. The molecule has 1 N–H and O–H groups in total. The number of allylic oxidation sites excluding steroid dienone is 1. The van der Waals surface area contributed by atoms with E-state index in [9.17, 15) is 14.4 Å². The molecule has 0 radical (unpaired) electrons. The Hall–Kier alpha value is -3.58. The van der Waals surface area contributed by atoms with Gasteiger partial charge in [0.25, 0.3) is 11.8 Å². The highest BCUT2D eigenvalue weighted by atomic mass is 35.5. The van der Waals surface area contributed by atoms with Crippen molar-refractivity contribution in [3.05, 3.63) is 70.3 Å². The Labute approximate surface area is 204 Å². The van der Waals surface area contributed by atoms with Crippen molar-refractivity contribution in [3.63, 3.8) is 0 Å². The minimum Gasteiger partial charge on any atom is -0.490 e. The molecular weight excluding hydrogens is 456 g/mol. The van der Waals surface area contributed by atoms with E-state index in [1.807, 2.05) is 19.9 Å². The summed E-state index contributed by atoms with van der Waals surface area (Å²) in [5.41, 5.74) is 2.03. The number of nitrogens with one attached hydrogen (secondary N) is 1. The average Bonchev–Trinajstić information content (AvgIpc) is 2.79. The zero-order valence-corrected chi connectivity index (χ0v) is 20.2. The van der Waals surface area contributed by atoms with Crippen LogP contribution < -0.4 is 19.7 Å². The normalized spacial score (nSPS) is 14.9. The van der Waals surface area contributed by atoms with Crippen molar-refractivity contribution in [1.82, 2.24) is 5.32 Å². The number of anilines is 1. The first-order valence-corrected chi connectivity index (χ1v) is 11.4. The predicted molar refractivity (Wildman–Crippen MR) is 132 cm³/mol. The number of benzene rings is 2. The number of ether oxygens (including phenoxy) is 2. The van der Waals surface area contributed by atoms with E-state index in [2.05, 4.69) is 11.9 Å². The molecule has 178 valence electrons. The smallest absolute Gasteiger partial charge is 0.335 e. The summed E-state index contributed by atoms with van der Waals surface area (Å²) in [6.07, 6.45) is 4.51. The minimum absolute atomic E-state index is 0.187. The van der Waals surface area contributed by atoms with Crippen LogP contribution in [0.3, 0.4) is 0 Å². The fourth-order valence-corrected chi connectivity index (χ4v) is 3.76. The summed E-state index contributed by atoms with van der Waals surface area (Å²) in [6, 6.07) is 7.59. The van der Waals surface area contributed by atoms with Crippen LogP contribution in [0.25, 0.3) is 6.08 Å². The van der Waals surface area contributed by atoms with E-state index in [0.717, 1.165) is 16.9 Å². The number of hydrogen-bond donors (Lipinski definition) is 1. The van der Waals surface area contributed by atoms with E-state index in [0.29, 0.717) is 53.0 Å². The summed E-state index contributed by atoms with van der Waals surface area (Å²) in [5.74, 6) is -0.407. The van der Waals surface area contributed by atoms with Gasteiger partial charge in [-0.25, -0.2) is 9.69 Å². The monoisotopic (exact) mass is 482 g/mol. The van der Waals surface area contributed by atoms with Crippen LogP contribution in [0.15, 0.2) is 48.6 Å². The molecule has 4 amide bonds. The van der Waals surface area contributed by atoms with Gasteiger partial charge in [0, 0.05) is 10.6 Å². The molecule has 8 heteroatoms. The molecule has 1 aliphatic rings. The number of carbonyl (C=O) groups is 3. The van der Waals surface area contributed by atoms with E-state index >= 15 is 0 Å². The third-order valence-corrected chi connectivity index (χ3v) is 5.57. The number of imide groups is 2. The fourth-order valence-electron chi connectivity index (χ4n) is 3.59. The summed E-state index contributed by atoms with van der Waals surface area (Å²) < 4.78 is 11.7. The van der Waals surface area contributed by atoms with Crippen molar-refractivity contribution in [1.29, 1.82) is 0 Å².